The first-order valence-electron chi connectivity index (χ1n) is 6.49. The Morgan fingerprint density at radius 2 is 2.05 bits per heavy atom. The fraction of sp³-hybridized carbons (Fsp3) is 0.133. The number of hydrogen-bond donors (Lipinski definition) is 1. The van der Waals surface area contributed by atoms with Gasteiger partial charge < -0.3 is 9.72 Å². The van der Waals surface area contributed by atoms with Crippen molar-refractivity contribution in [1.29, 1.82) is 0 Å². The van der Waals surface area contributed by atoms with Gasteiger partial charge in [0.2, 0.25) is 5.95 Å². The third-order valence-corrected chi connectivity index (χ3v) is 3.04. The fourth-order valence-electron chi connectivity index (χ4n) is 1.89. The molecule has 2 aromatic heterocycles. The van der Waals surface area contributed by atoms with Crippen molar-refractivity contribution < 1.29 is 9.53 Å². The van der Waals surface area contributed by atoms with E-state index in [1.807, 2.05) is 36.4 Å². The minimum atomic E-state index is -0.474. The number of aromatic nitrogens is 3. The Balaban J connectivity index is 1.69. The van der Waals surface area contributed by atoms with E-state index < -0.39 is 6.09 Å². The topological polar surface area (TPSA) is 71.1 Å². The van der Waals surface area contributed by atoms with Crippen LogP contribution in [0, 0.1) is 0 Å². The summed E-state index contributed by atoms with van der Waals surface area (Å²) in [5.74, 6) is 0.404. The molecule has 0 fully saturated rings. The zero-order chi connectivity index (χ0) is 14.7. The van der Waals surface area contributed by atoms with Gasteiger partial charge in [0.25, 0.3) is 0 Å². The van der Waals surface area contributed by atoms with Crippen molar-refractivity contribution in [2.45, 2.75) is 6.61 Å². The zero-order valence-corrected chi connectivity index (χ0v) is 11.5. The van der Waals surface area contributed by atoms with Crippen molar-refractivity contribution in [1.82, 2.24) is 15.0 Å². The van der Waals surface area contributed by atoms with Gasteiger partial charge in [-0.25, -0.2) is 14.8 Å². The number of aromatic amines is 1. The smallest absolute Gasteiger partial charge is 0.416 e. The van der Waals surface area contributed by atoms with E-state index in [0.717, 1.165) is 5.56 Å². The average Bonchev–Trinajstić information content (AvgIpc) is 2.97. The van der Waals surface area contributed by atoms with Crippen LogP contribution in [0.4, 0.5) is 10.7 Å². The van der Waals surface area contributed by atoms with E-state index in [1.165, 1.54) is 4.90 Å². The number of ether oxygens (including phenoxy) is 1. The summed E-state index contributed by atoms with van der Waals surface area (Å²) < 4.78 is 5.25. The highest BCUT2D eigenvalue weighted by Crippen LogP contribution is 2.15. The molecular weight excluding hydrogens is 268 g/mol. The molecule has 0 radical (unpaired) electrons. The number of pyridine rings is 1. The summed E-state index contributed by atoms with van der Waals surface area (Å²) in [5.41, 5.74) is 2.27. The number of benzene rings is 1. The molecule has 0 saturated carbocycles. The molecule has 0 aliphatic heterocycles. The molecule has 21 heavy (non-hydrogen) atoms. The Labute approximate surface area is 121 Å². The molecule has 1 aromatic carbocycles. The van der Waals surface area contributed by atoms with Crippen LogP contribution in [0.5, 0.6) is 0 Å². The lowest BCUT2D eigenvalue weighted by molar-refractivity contribution is 0.148. The molecule has 106 valence electrons. The third kappa shape index (κ3) is 2.84. The summed E-state index contributed by atoms with van der Waals surface area (Å²) in [6, 6.07) is 13.1. The lowest BCUT2D eigenvalue weighted by atomic mass is 10.2. The molecule has 1 amide bonds. The van der Waals surface area contributed by atoms with Crippen LogP contribution in [0.2, 0.25) is 0 Å². The van der Waals surface area contributed by atoms with Crippen LogP contribution in [0.3, 0.4) is 0 Å². The minimum absolute atomic E-state index is 0.225. The van der Waals surface area contributed by atoms with Gasteiger partial charge in [0.1, 0.15) is 12.1 Å². The molecule has 0 aliphatic rings. The van der Waals surface area contributed by atoms with Crippen molar-refractivity contribution in [3.8, 4) is 0 Å². The maximum absolute atomic E-state index is 12.0. The molecule has 2 heterocycles. The van der Waals surface area contributed by atoms with Gasteiger partial charge >= 0.3 is 6.09 Å². The van der Waals surface area contributed by atoms with Crippen molar-refractivity contribution in [2.24, 2.45) is 0 Å². The van der Waals surface area contributed by atoms with Gasteiger partial charge in [-0.1, -0.05) is 30.3 Å². The number of rotatable bonds is 3. The molecule has 0 atom stereocenters. The van der Waals surface area contributed by atoms with Crippen LogP contribution >= 0.6 is 0 Å². The molecule has 3 rings (SSSR count). The van der Waals surface area contributed by atoms with Gasteiger partial charge in [-0.3, -0.25) is 4.90 Å². The van der Waals surface area contributed by atoms with Crippen molar-refractivity contribution >= 4 is 23.2 Å². The highest BCUT2D eigenvalue weighted by atomic mass is 16.6. The number of hydrogen-bond acceptors (Lipinski definition) is 4. The first-order valence-corrected chi connectivity index (χ1v) is 6.49. The van der Waals surface area contributed by atoms with Gasteiger partial charge in [-0.2, -0.15) is 0 Å². The second-order valence-corrected chi connectivity index (χ2v) is 4.53. The van der Waals surface area contributed by atoms with Crippen LogP contribution in [0.15, 0.2) is 48.7 Å². The molecule has 3 aromatic rings. The number of fused-ring (bicyclic) bond motifs is 1. The number of anilines is 1. The highest BCUT2D eigenvalue weighted by Gasteiger charge is 2.16. The van der Waals surface area contributed by atoms with Crippen LogP contribution in [0.1, 0.15) is 5.56 Å². The van der Waals surface area contributed by atoms with E-state index in [0.29, 0.717) is 17.1 Å². The average molecular weight is 282 g/mol. The first kappa shape index (κ1) is 13.1. The lowest BCUT2D eigenvalue weighted by Gasteiger charge is -2.13. The molecule has 0 aliphatic carbocycles. The van der Waals surface area contributed by atoms with E-state index in [4.69, 9.17) is 4.74 Å². The molecule has 0 spiro atoms. The third-order valence-electron chi connectivity index (χ3n) is 3.04. The number of H-pyrrole nitrogens is 1. The second kappa shape index (κ2) is 5.62. The Hall–Kier alpha value is -2.89. The summed E-state index contributed by atoms with van der Waals surface area (Å²) in [4.78, 5) is 24.8. The number of imidazole rings is 1. The standard InChI is InChI=1S/C15H14N4O2/c1-19(14-17-12-8-5-9-16-13(12)18-14)15(20)21-10-11-6-3-2-4-7-11/h2-9H,10H2,1H3,(H,16,17,18). The van der Waals surface area contributed by atoms with Crippen molar-refractivity contribution in [3.05, 3.63) is 54.2 Å². The molecule has 0 saturated heterocycles. The largest absolute Gasteiger partial charge is 0.444 e. The normalized spacial score (nSPS) is 10.5. The van der Waals surface area contributed by atoms with E-state index in [2.05, 4.69) is 15.0 Å². The van der Waals surface area contributed by atoms with Gasteiger partial charge in [0.05, 0.1) is 0 Å². The van der Waals surface area contributed by atoms with Crippen LogP contribution < -0.4 is 4.90 Å². The van der Waals surface area contributed by atoms with E-state index >= 15 is 0 Å². The number of carbonyl (C=O) groups is 1. The zero-order valence-electron chi connectivity index (χ0n) is 11.5. The Bertz CT molecular complexity index is 721. The molecule has 6 nitrogen and oxygen atoms in total. The van der Waals surface area contributed by atoms with Gasteiger partial charge in [0.15, 0.2) is 5.65 Å². The highest BCUT2D eigenvalue weighted by molar-refractivity contribution is 5.87. The van der Waals surface area contributed by atoms with Crippen LogP contribution in [0.25, 0.3) is 11.2 Å². The molecule has 6 heteroatoms. The summed E-state index contributed by atoms with van der Waals surface area (Å²) in [6.07, 6.45) is 1.19. The number of nitrogens with zero attached hydrogens (tertiary/aromatic N) is 3. The lowest BCUT2D eigenvalue weighted by Crippen LogP contribution is -2.27. The van der Waals surface area contributed by atoms with Crippen molar-refractivity contribution in [3.63, 3.8) is 0 Å². The molecular formula is C15H14N4O2. The first-order chi connectivity index (χ1) is 10.2. The predicted octanol–water partition coefficient (Wildman–Crippen LogP) is 2.73. The maximum atomic E-state index is 12.0. The second-order valence-electron chi connectivity index (χ2n) is 4.53. The van der Waals surface area contributed by atoms with Gasteiger partial charge in [-0.05, 0) is 17.7 Å². The molecule has 0 unspecified atom stereocenters. The monoisotopic (exact) mass is 282 g/mol. The SMILES string of the molecule is CN(C(=O)OCc1ccccc1)c1nc2cccnc2[nH]1. The molecule has 1 N–H and O–H groups in total. The minimum Gasteiger partial charge on any atom is -0.444 e. The summed E-state index contributed by atoms with van der Waals surface area (Å²) in [6.45, 7) is 0.225. The van der Waals surface area contributed by atoms with E-state index in [1.54, 1.807) is 19.3 Å². The van der Waals surface area contributed by atoms with E-state index in [9.17, 15) is 4.79 Å². The fourth-order valence-corrected chi connectivity index (χ4v) is 1.89. The summed E-state index contributed by atoms with van der Waals surface area (Å²) >= 11 is 0. The summed E-state index contributed by atoms with van der Waals surface area (Å²) in [5, 5.41) is 0. The maximum Gasteiger partial charge on any atom is 0.416 e. The number of carbonyl (C=O) groups excluding carboxylic acids is 1. The Morgan fingerprint density at radius 3 is 2.81 bits per heavy atom. The van der Waals surface area contributed by atoms with E-state index in [-0.39, 0.29) is 6.61 Å². The quantitative estimate of drug-likeness (QED) is 0.801. The van der Waals surface area contributed by atoms with Crippen molar-refractivity contribution in [2.75, 3.05) is 11.9 Å². The van der Waals surface area contributed by atoms with Gasteiger partial charge in [-0.15, -0.1) is 0 Å². The molecule has 0 bridgehead atoms. The van der Waals surface area contributed by atoms with Crippen LogP contribution in [-0.4, -0.2) is 28.1 Å². The van der Waals surface area contributed by atoms with Crippen LogP contribution in [-0.2, 0) is 11.3 Å². The predicted molar refractivity (Wildman–Crippen MR) is 78.9 cm³/mol. The summed E-state index contributed by atoms with van der Waals surface area (Å²) in [7, 11) is 1.60. The number of nitrogens with one attached hydrogen (secondary N) is 1. The number of amides is 1. The Kier molecular flexibility index (Phi) is 3.51. The van der Waals surface area contributed by atoms with Gasteiger partial charge in [0, 0.05) is 13.2 Å². The Morgan fingerprint density at radius 1 is 1.24 bits per heavy atom.